The molecule has 5 aromatic rings. The van der Waals surface area contributed by atoms with Gasteiger partial charge in [-0.3, -0.25) is 19.3 Å². The number of morpholine rings is 1. The topological polar surface area (TPSA) is 184 Å². The Bertz CT molecular complexity index is 2570. The van der Waals surface area contributed by atoms with Crippen molar-refractivity contribution in [2.75, 3.05) is 51.6 Å². The lowest BCUT2D eigenvalue weighted by Gasteiger charge is -2.46. The van der Waals surface area contributed by atoms with E-state index in [1.54, 1.807) is 72.8 Å². The van der Waals surface area contributed by atoms with Crippen molar-refractivity contribution in [2.45, 2.75) is 42.2 Å². The van der Waals surface area contributed by atoms with Gasteiger partial charge in [-0.05, 0) is 46.5 Å². The van der Waals surface area contributed by atoms with Crippen molar-refractivity contribution < 1.29 is 53.4 Å². The van der Waals surface area contributed by atoms with Crippen molar-refractivity contribution in [1.29, 1.82) is 0 Å². The molecule has 3 heterocycles. The molecular formula is C51H49N3O11. The van der Waals surface area contributed by atoms with E-state index >= 15 is 14.4 Å². The van der Waals surface area contributed by atoms with Crippen LogP contribution in [-0.4, -0.2) is 96.8 Å². The predicted octanol–water partition coefficient (Wildman–Crippen LogP) is 5.09. The summed E-state index contributed by atoms with van der Waals surface area (Å²) >= 11 is 0. The number of nitrogens with zero attached hydrogens (tertiary/aromatic N) is 2. The van der Waals surface area contributed by atoms with Crippen molar-refractivity contribution >= 4 is 29.6 Å². The van der Waals surface area contributed by atoms with E-state index in [2.05, 4.69) is 17.2 Å². The summed E-state index contributed by atoms with van der Waals surface area (Å²) in [4.78, 5) is 64.4. The molecule has 0 aromatic heterocycles. The second kappa shape index (κ2) is 19.9. The van der Waals surface area contributed by atoms with Crippen LogP contribution < -0.4 is 15.0 Å². The molecule has 0 radical (unpaired) electrons. The lowest BCUT2D eigenvalue weighted by molar-refractivity contribution is -0.178. The number of cyclic esters (lactones) is 1. The van der Waals surface area contributed by atoms with Crippen LogP contribution in [0.25, 0.3) is 0 Å². The Morgan fingerprint density at radius 2 is 1.49 bits per heavy atom. The summed E-state index contributed by atoms with van der Waals surface area (Å²) in [5.74, 6) is 2.12. The number of aliphatic hydroxyl groups excluding tert-OH is 3. The zero-order valence-electron chi connectivity index (χ0n) is 35.6. The molecule has 3 aliphatic heterocycles. The van der Waals surface area contributed by atoms with Crippen molar-refractivity contribution in [3.63, 3.8) is 0 Å². The minimum atomic E-state index is -2.16. The Labute approximate surface area is 376 Å². The van der Waals surface area contributed by atoms with E-state index in [1.807, 2.05) is 65.6 Å². The fourth-order valence-electron chi connectivity index (χ4n) is 9.53. The van der Waals surface area contributed by atoms with Gasteiger partial charge in [0.2, 0.25) is 11.8 Å². The molecule has 0 saturated carbocycles. The van der Waals surface area contributed by atoms with E-state index in [4.69, 9.17) is 18.9 Å². The highest BCUT2D eigenvalue weighted by Gasteiger charge is 2.76. The number of aliphatic hydroxyl groups is 3. The minimum absolute atomic E-state index is 0.0272. The van der Waals surface area contributed by atoms with E-state index in [9.17, 15) is 20.1 Å². The molecule has 0 aliphatic carbocycles. The number of imide groups is 1. The lowest BCUT2D eigenvalue weighted by atomic mass is 9.65. The number of hydrogen-bond acceptors (Lipinski definition) is 12. The fourth-order valence-corrected chi connectivity index (χ4v) is 9.53. The number of anilines is 1. The van der Waals surface area contributed by atoms with Gasteiger partial charge in [0.25, 0.3) is 0 Å². The van der Waals surface area contributed by atoms with Gasteiger partial charge in [-0.2, -0.15) is 0 Å². The largest absolute Gasteiger partial charge is 0.491 e. The summed E-state index contributed by atoms with van der Waals surface area (Å²) in [7, 11) is 1.44. The number of fused-ring (bicyclic) bond motifs is 3. The minimum Gasteiger partial charge on any atom is -0.491 e. The number of esters is 1. The van der Waals surface area contributed by atoms with Gasteiger partial charge in [0, 0.05) is 31.2 Å². The highest BCUT2D eigenvalue weighted by Crippen LogP contribution is 2.66. The van der Waals surface area contributed by atoms with Gasteiger partial charge in [-0.15, -0.1) is 0 Å². The quantitative estimate of drug-likeness (QED) is 0.0660. The summed E-state index contributed by atoms with van der Waals surface area (Å²) in [6.07, 6.45) is -3.05. The Morgan fingerprint density at radius 3 is 2.18 bits per heavy atom. The number of nitrogens with one attached hydrogen (secondary N) is 1. The van der Waals surface area contributed by atoms with Gasteiger partial charge < -0.3 is 39.6 Å². The first-order valence-electron chi connectivity index (χ1n) is 21.4. The SMILES string of the molecule is COCCOC(=O)N1C(=O)[C@@]2(c3cc(C#CCCO)ccc31)[C@H](C(=O)NC[C@H](O)c1ccccc1)[C@H]1C(=O)O[C@H](c3ccccc3)[C@H](c3ccccc3)N1[C@@H]2c1ccccc1OCCO. The van der Waals surface area contributed by atoms with Crippen molar-refractivity contribution in [3.8, 4) is 17.6 Å². The second-order valence-electron chi connectivity index (χ2n) is 15.8. The van der Waals surface area contributed by atoms with Crippen LogP contribution in [0.15, 0.2) is 133 Å². The molecular weight excluding hydrogens is 831 g/mol. The molecule has 3 amide bonds. The normalized spacial score (nSPS) is 22.6. The molecule has 0 unspecified atom stereocenters. The zero-order chi connectivity index (χ0) is 45.5. The molecule has 334 valence electrons. The average Bonchev–Trinajstić information content (AvgIpc) is 3.79. The number of para-hydroxylation sites is 1. The van der Waals surface area contributed by atoms with E-state index in [0.29, 0.717) is 27.8 Å². The smallest absolute Gasteiger partial charge is 0.421 e. The maximum atomic E-state index is 16.3. The average molecular weight is 880 g/mol. The van der Waals surface area contributed by atoms with E-state index in [0.717, 1.165) is 4.90 Å². The van der Waals surface area contributed by atoms with Crippen LogP contribution in [0.2, 0.25) is 0 Å². The van der Waals surface area contributed by atoms with Crippen LogP contribution in [-0.2, 0) is 34.0 Å². The van der Waals surface area contributed by atoms with Crippen LogP contribution in [0.3, 0.4) is 0 Å². The van der Waals surface area contributed by atoms with E-state index in [-0.39, 0.29) is 63.0 Å². The van der Waals surface area contributed by atoms with Crippen LogP contribution in [0.5, 0.6) is 5.75 Å². The van der Waals surface area contributed by atoms with Crippen LogP contribution in [0.1, 0.15) is 64.1 Å². The Kier molecular flexibility index (Phi) is 13.7. The molecule has 3 aliphatic rings. The van der Waals surface area contributed by atoms with Gasteiger partial charge >= 0.3 is 12.1 Å². The standard InChI is InChI=1S/C51H49N3O11/c1-62-29-30-64-50(61)53-39-25-24-33(15-13-14-26-55)31-38(39)51(49(53)60)42(47(58)52-32-40(57)34-16-5-2-6-17-34)44-48(59)65-45(36-20-9-4-10-21-36)43(35-18-7-3-8-19-35)54(44)46(51)37-22-11-12-23-41(37)63-28-27-56/h2-12,16-25,31,40,42-46,55-57H,14,26-30,32H2,1H3,(H,52,58)/t40-,42-,43-,44-,45+,46+,51-/m0/s1. The number of hydrogen-bond donors (Lipinski definition) is 4. The molecule has 65 heavy (non-hydrogen) atoms. The number of benzene rings is 5. The van der Waals surface area contributed by atoms with Crippen LogP contribution in [0.4, 0.5) is 10.5 Å². The number of carbonyl (C=O) groups is 4. The summed E-state index contributed by atoms with van der Waals surface area (Å²) in [6, 6.07) is 35.3. The molecule has 2 fully saturated rings. The molecule has 14 nitrogen and oxygen atoms in total. The number of amides is 3. The van der Waals surface area contributed by atoms with Crippen molar-refractivity contribution in [3.05, 3.63) is 167 Å². The Hall–Kier alpha value is -6.86. The van der Waals surface area contributed by atoms with Gasteiger partial charge in [0.1, 0.15) is 36.5 Å². The third-order valence-electron chi connectivity index (χ3n) is 12.1. The first kappa shape index (κ1) is 44.7. The molecule has 2 saturated heterocycles. The molecule has 14 heteroatoms. The van der Waals surface area contributed by atoms with Crippen LogP contribution >= 0.6 is 0 Å². The highest BCUT2D eigenvalue weighted by atomic mass is 16.6. The second-order valence-corrected chi connectivity index (χ2v) is 15.8. The molecule has 4 N–H and O–H groups in total. The van der Waals surface area contributed by atoms with E-state index < -0.39 is 65.5 Å². The van der Waals surface area contributed by atoms with Gasteiger partial charge in [-0.25, -0.2) is 9.69 Å². The maximum absolute atomic E-state index is 16.3. The monoisotopic (exact) mass is 879 g/mol. The number of rotatable bonds is 14. The predicted molar refractivity (Wildman–Crippen MR) is 237 cm³/mol. The molecule has 7 atom stereocenters. The van der Waals surface area contributed by atoms with Gasteiger partial charge in [0.05, 0.1) is 49.6 Å². The maximum Gasteiger partial charge on any atom is 0.421 e. The number of ether oxygens (including phenoxy) is 4. The molecule has 0 bridgehead atoms. The van der Waals surface area contributed by atoms with Gasteiger partial charge in [0.15, 0.2) is 0 Å². The van der Waals surface area contributed by atoms with Crippen molar-refractivity contribution in [2.24, 2.45) is 5.92 Å². The molecule has 1 spiro atoms. The summed E-state index contributed by atoms with van der Waals surface area (Å²) in [6.45, 7) is -1.16. The van der Waals surface area contributed by atoms with Crippen LogP contribution in [0, 0.1) is 17.8 Å². The Morgan fingerprint density at radius 1 is 0.815 bits per heavy atom. The third-order valence-corrected chi connectivity index (χ3v) is 12.1. The summed E-state index contributed by atoms with van der Waals surface area (Å²) in [5.41, 5.74) is 0.759. The lowest BCUT2D eigenvalue weighted by Crippen LogP contribution is -2.56. The molecule has 8 rings (SSSR count). The number of methoxy groups -OCH3 is 1. The third kappa shape index (κ3) is 8.36. The summed E-state index contributed by atoms with van der Waals surface area (Å²) in [5, 5.41) is 33.9. The number of carbonyl (C=O) groups excluding carboxylic acids is 4. The first-order valence-corrected chi connectivity index (χ1v) is 21.4. The van der Waals surface area contributed by atoms with Crippen molar-refractivity contribution in [1.82, 2.24) is 10.2 Å². The summed E-state index contributed by atoms with van der Waals surface area (Å²) < 4.78 is 23.5. The fraction of sp³-hybridized carbons (Fsp3) is 0.294. The first-order chi connectivity index (χ1) is 31.8. The van der Waals surface area contributed by atoms with Gasteiger partial charge in [-0.1, -0.05) is 121 Å². The molecule has 5 aromatic carbocycles. The highest BCUT2D eigenvalue weighted by molar-refractivity contribution is 6.23. The Balaban J connectivity index is 1.45. The van der Waals surface area contributed by atoms with E-state index in [1.165, 1.54) is 7.11 Å². The zero-order valence-corrected chi connectivity index (χ0v) is 35.6.